The normalized spacial score (nSPS) is 19.3. The van der Waals surface area contributed by atoms with Crippen molar-refractivity contribution in [2.24, 2.45) is 0 Å². The van der Waals surface area contributed by atoms with Gasteiger partial charge in [0.25, 0.3) is 0 Å². The summed E-state index contributed by atoms with van der Waals surface area (Å²) in [6.07, 6.45) is 6.20. The van der Waals surface area contributed by atoms with Crippen LogP contribution in [0.1, 0.15) is 28.7 Å². The van der Waals surface area contributed by atoms with Crippen molar-refractivity contribution in [3.05, 3.63) is 111 Å². The van der Waals surface area contributed by atoms with Gasteiger partial charge in [0.15, 0.2) is 17.3 Å². The van der Waals surface area contributed by atoms with Gasteiger partial charge in [-0.05, 0) is 105 Å². The van der Waals surface area contributed by atoms with Crippen LogP contribution >= 0.6 is 24.0 Å². The molecule has 7 rings (SSSR count). The third kappa shape index (κ3) is 6.16. The van der Waals surface area contributed by atoms with Gasteiger partial charge >= 0.3 is 0 Å². The van der Waals surface area contributed by atoms with Gasteiger partial charge in [0, 0.05) is 40.5 Å². The van der Waals surface area contributed by atoms with E-state index in [1.165, 1.54) is 46.8 Å². The number of phenols is 2. The van der Waals surface area contributed by atoms with E-state index in [-0.39, 0.29) is 42.7 Å². The number of aryl methyl sites for hydroxylation is 2. The lowest BCUT2D eigenvalue weighted by atomic mass is 9.85. The molecule has 0 bridgehead atoms. The van der Waals surface area contributed by atoms with Gasteiger partial charge in [-0.2, -0.15) is 0 Å². The maximum atomic E-state index is 11.5. The molecule has 0 fully saturated rings. The zero-order valence-electron chi connectivity index (χ0n) is 25.1. The fraction of sp³-hybridized carbons (Fsp3) is 0.286. The molecule has 0 saturated heterocycles. The van der Waals surface area contributed by atoms with Gasteiger partial charge in [-0.25, -0.2) is 0 Å². The second kappa shape index (κ2) is 12.8. The van der Waals surface area contributed by atoms with E-state index in [0.717, 1.165) is 37.4 Å². The highest BCUT2D eigenvalue weighted by Crippen LogP contribution is 2.50. The van der Waals surface area contributed by atoms with Crippen LogP contribution in [0.2, 0.25) is 5.02 Å². The van der Waals surface area contributed by atoms with Gasteiger partial charge in [-0.1, -0.05) is 35.9 Å². The first-order valence-corrected chi connectivity index (χ1v) is 15.0. The van der Waals surface area contributed by atoms with E-state index in [9.17, 15) is 25.2 Å². The number of ketones is 1. The first kappa shape index (κ1) is 32.4. The van der Waals surface area contributed by atoms with Crippen molar-refractivity contribution >= 4 is 46.7 Å². The Bertz CT molecular complexity index is 1750. The molecular formula is C35H36Cl2N2O6. The van der Waals surface area contributed by atoms with E-state index < -0.39 is 17.1 Å². The van der Waals surface area contributed by atoms with Crippen molar-refractivity contribution in [2.75, 3.05) is 38.7 Å². The quantitative estimate of drug-likeness (QED) is 0.253. The van der Waals surface area contributed by atoms with Gasteiger partial charge in [0.1, 0.15) is 12.2 Å². The Labute approximate surface area is 273 Å². The number of para-hydroxylation sites is 1. The minimum absolute atomic E-state index is 0. The van der Waals surface area contributed by atoms with E-state index >= 15 is 0 Å². The van der Waals surface area contributed by atoms with E-state index in [0.29, 0.717) is 22.3 Å². The topological polar surface area (TPSA) is 114 Å². The molecule has 4 aliphatic rings. The maximum Gasteiger partial charge on any atom is 0.224 e. The molecule has 4 N–H and O–H groups in total. The molecule has 45 heavy (non-hydrogen) atoms. The van der Waals surface area contributed by atoms with Crippen LogP contribution in [0.3, 0.4) is 0 Å². The number of aliphatic hydroxyl groups excluding tert-OH is 1. The van der Waals surface area contributed by atoms with Crippen LogP contribution in [-0.4, -0.2) is 70.5 Å². The minimum Gasteiger partial charge on any atom is -0.504 e. The summed E-state index contributed by atoms with van der Waals surface area (Å²) in [6.45, 7) is 1.99. The number of aliphatic hydroxyl groups is 2. The number of carbonyl (C=O) groups excluding carboxylic acids is 1. The second-order valence-electron chi connectivity index (χ2n) is 11.9. The number of fused-ring (bicyclic) bond motifs is 6. The summed E-state index contributed by atoms with van der Waals surface area (Å²) in [4.78, 5) is 16.2. The highest BCUT2D eigenvalue weighted by molar-refractivity contribution is 6.30. The fourth-order valence-electron chi connectivity index (χ4n) is 6.43. The number of hydrogen-bond donors (Lipinski definition) is 4. The molecule has 2 aliphatic heterocycles. The minimum atomic E-state index is -1.33. The summed E-state index contributed by atoms with van der Waals surface area (Å²) in [5.41, 5.74) is 6.23. The van der Waals surface area contributed by atoms with Crippen molar-refractivity contribution in [3.63, 3.8) is 0 Å². The number of rotatable bonds is 4. The van der Waals surface area contributed by atoms with Crippen molar-refractivity contribution < 1.29 is 30.0 Å². The van der Waals surface area contributed by atoms with Gasteiger partial charge in [0.05, 0.1) is 0 Å². The molecule has 2 aliphatic carbocycles. The Hall–Kier alpha value is -3.95. The van der Waals surface area contributed by atoms with E-state index in [2.05, 4.69) is 60.3 Å². The number of halogens is 2. The first-order valence-electron chi connectivity index (χ1n) is 14.7. The third-order valence-corrected chi connectivity index (χ3v) is 8.74. The molecule has 236 valence electrons. The van der Waals surface area contributed by atoms with Crippen LogP contribution in [0, 0.1) is 0 Å². The van der Waals surface area contributed by atoms with Crippen LogP contribution in [0.4, 0.5) is 11.4 Å². The van der Waals surface area contributed by atoms with Gasteiger partial charge in [-0.15, -0.1) is 12.4 Å². The van der Waals surface area contributed by atoms with Crippen LogP contribution in [0.15, 0.2) is 83.8 Å². The third-order valence-electron chi connectivity index (χ3n) is 8.51. The Morgan fingerprint density at radius 2 is 1.64 bits per heavy atom. The first-order chi connectivity index (χ1) is 21.1. The Balaban J connectivity index is 0.000000174. The standard InChI is InChI=1S/C19H23ClN2.C16H12O6.ClH/c1-21(2)12-5-13-22-18-7-4-3-6-15(18)8-9-16-10-11-17(20)14-19(16)22;17-10-2-1-8-13-9-4-12(19)11(18)3-7(9)5-16(13,21)6-22-15(8)14(10)20;/h3-4,6-7,10-11,14H,5,8-9,12-13H2,1-2H3;1-4,18-21H,5-6H2;1H. The number of aromatic hydroxyl groups is 2. The van der Waals surface area contributed by atoms with Crippen LogP contribution < -0.4 is 4.90 Å². The number of benzene rings is 3. The molecular weight excluding hydrogens is 615 g/mol. The molecule has 0 amide bonds. The Kier molecular flexibility index (Phi) is 9.23. The summed E-state index contributed by atoms with van der Waals surface area (Å²) < 4.78 is 5.40. The monoisotopic (exact) mass is 650 g/mol. The molecule has 3 aromatic rings. The predicted molar refractivity (Wildman–Crippen MR) is 178 cm³/mol. The number of ether oxygens (including phenoxy) is 1. The lowest BCUT2D eigenvalue weighted by Gasteiger charge is -2.33. The number of allylic oxidation sites excluding steroid dienone is 2. The van der Waals surface area contributed by atoms with E-state index in [1.54, 1.807) is 0 Å². The second-order valence-corrected chi connectivity index (χ2v) is 12.3. The fourth-order valence-corrected chi connectivity index (χ4v) is 6.60. The van der Waals surface area contributed by atoms with Gasteiger partial charge in [-0.3, -0.25) is 4.79 Å². The van der Waals surface area contributed by atoms with Gasteiger partial charge in [0.2, 0.25) is 11.5 Å². The lowest BCUT2D eigenvalue weighted by molar-refractivity contribution is -0.114. The van der Waals surface area contributed by atoms with E-state index in [1.807, 2.05) is 6.07 Å². The smallest absolute Gasteiger partial charge is 0.224 e. The summed E-state index contributed by atoms with van der Waals surface area (Å²) in [5, 5.41) is 40.9. The Morgan fingerprint density at radius 3 is 2.40 bits per heavy atom. The molecule has 0 aromatic heterocycles. The van der Waals surface area contributed by atoms with E-state index in [4.69, 9.17) is 16.3 Å². The number of nitrogens with zero attached hydrogens (tertiary/aromatic N) is 2. The highest BCUT2D eigenvalue weighted by Gasteiger charge is 2.48. The highest BCUT2D eigenvalue weighted by atomic mass is 35.5. The molecule has 10 heteroatoms. The zero-order chi connectivity index (χ0) is 31.2. The van der Waals surface area contributed by atoms with Crippen molar-refractivity contribution in [1.29, 1.82) is 0 Å². The Morgan fingerprint density at radius 1 is 0.933 bits per heavy atom. The molecule has 1 unspecified atom stereocenters. The van der Waals surface area contributed by atoms with Crippen LogP contribution in [-0.2, 0) is 28.8 Å². The maximum absolute atomic E-state index is 11.5. The number of carbonyl (C=O) groups is 1. The number of hydrogen-bond acceptors (Lipinski definition) is 8. The largest absolute Gasteiger partial charge is 0.504 e. The molecule has 1 atom stereocenters. The molecule has 0 radical (unpaired) electrons. The molecule has 0 spiro atoms. The lowest BCUT2D eigenvalue weighted by Crippen LogP contribution is -2.39. The van der Waals surface area contributed by atoms with Crippen molar-refractivity contribution in [1.82, 2.24) is 4.90 Å². The predicted octanol–water partition coefficient (Wildman–Crippen LogP) is 6.03. The zero-order valence-corrected chi connectivity index (χ0v) is 26.7. The molecule has 2 heterocycles. The van der Waals surface area contributed by atoms with Crippen LogP contribution in [0.5, 0.6) is 11.5 Å². The summed E-state index contributed by atoms with van der Waals surface area (Å²) in [6, 6.07) is 17.8. The van der Waals surface area contributed by atoms with Gasteiger partial charge < -0.3 is 35.0 Å². The summed E-state index contributed by atoms with van der Waals surface area (Å²) in [7, 11) is 4.25. The molecule has 0 saturated carbocycles. The average Bonchev–Trinajstić information content (AvgIpc) is 3.18. The summed E-state index contributed by atoms with van der Waals surface area (Å²) in [5.74, 6) is -1.58. The molecule has 8 nitrogen and oxygen atoms in total. The van der Waals surface area contributed by atoms with Crippen molar-refractivity contribution in [3.8, 4) is 11.5 Å². The average molecular weight is 652 g/mol. The number of anilines is 2. The summed E-state index contributed by atoms with van der Waals surface area (Å²) >= 11 is 6.27. The van der Waals surface area contributed by atoms with Crippen molar-refractivity contribution in [2.45, 2.75) is 31.3 Å². The number of phenolic OH excluding ortho intramolecular Hbond substituents is 2. The SMILES string of the molecule is CN(C)CCCN1c2ccccc2CCc2ccc(Cl)cc21.Cl.O=C1C=CC2=C3c4cc(O)c(O)cc4CC3(O)COC2=C1O. The van der Waals surface area contributed by atoms with Crippen LogP contribution in [0.25, 0.3) is 5.57 Å². The molecule has 3 aromatic carbocycles.